The lowest BCUT2D eigenvalue weighted by Gasteiger charge is -2.34. The van der Waals surface area contributed by atoms with Crippen LogP contribution in [-0.4, -0.2) is 54.3 Å². The van der Waals surface area contributed by atoms with E-state index in [2.05, 4.69) is 4.57 Å². The van der Waals surface area contributed by atoms with Gasteiger partial charge in [-0.3, -0.25) is 4.79 Å². The number of aryl methyl sites for hydroxylation is 2. The molecule has 0 aliphatic carbocycles. The zero-order valence-electron chi connectivity index (χ0n) is 18.7. The van der Waals surface area contributed by atoms with Gasteiger partial charge in [-0.25, -0.2) is 8.42 Å². The van der Waals surface area contributed by atoms with E-state index in [0.717, 1.165) is 41.3 Å². The van der Waals surface area contributed by atoms with Crippen LogP contribution in [0, 0.1) is 13.8 Å². The number of carbonyl (C=O) groups is 1. The van der Waals surface area contributed by atoms with Gasteiger partial charge in [0, 0.05) is 48.8 Å². The first-order valence-corrected chi connectivity index (χ1v) is 12.1. The van der Waals surface area contributed by atoms with E-state index in [1.165, 1.54) is 4.31 Å². The molecule has 0 spiro atoms. The van der Waals surface area contributed by atoms with Crippen molar-refractivity contribution in [1.82, 2.24) is 13.8 Å². The monoisotopic (exact) mass is 491 g/mol. The molecule has 2 aromatic carbocycles. The highest BCUT2D eigenvalue weighted by molar-refractivity contribution is 7.89. The fourth-order valence-electron chi connectivity index (χ4n) is 4.11. The third kappa shape index (κ3) is 4.60. The van der Waals surface area contributed by atoms with Crippen molar-refractivity contribution in [2.24, 2.45) is 0 Å². The van der Waals surface area contributed by atoms with Crippen LogP contribution in [0.25, 0.3) is 5.69 Å². The molecule has 2 heterocycles. The van der Waals surface area contributed by atoms with Crippen molar-refractivity contribution in [2.75, 3.05) is 26.2 Å². The summed E-state index contributed by atoms with van der Waals surface area (Å²) in [4.78, 5) is 14.3. The minimum atomic E-state index is -4.54. The zero-order chi connectivity index (χ0) is 24.7. The molecule has 0 unspecified atom stereocenters. The van der Waals surface area contributed by atoms with E-state index < -0.39 is 21.8 Å². The van der Waals surface area contributed by atoms with Gasteiger partial charge in [0.05, 0.1) is 10.5 Å². The molecule has 0 atom stereocenters. The summed E-state index contributed by atoms with van der Waals surface area (Å²) in [6.07, 6.45) is -4.54. The molecule has 34 heavy (non-hydrogen) atoms. The number of piperazine rings is 1. The quantitative estimate of drug-likeness (QED) is 0.548. The molecule has 1 fully saturated rings. The third-order valence-corrected chi connectivity index (χ3v) is 7.90. The molecular formula is C24H24F3N3O3S. The Hall–Kier alpha value is -3.11. The van der Waals surface area contributed by atoms with E-state index >= 15 is 0 Å². The SMILES string of the molecule is Cc1ccc(C)n1-c1ccc(C(=O)N2CCN(S(=O)(=O)c3ccc(C(F)(F)F)cc3)CC2)cc1. The fraction of sp³-hybridized carbons (Fsp3) is 0.292. The zero-order valence-corrected chi connectivity index (χ0v) is 19.5. The largest absolute Gasteiger partial charge is 0.416 e. The molecule has 0 radical (unpaired) electrons. The van der Waals surface area contributed by atoms with Crippen LogP contribution >= 0.6 is 0 Å². The second-order valence-electron chi connectivity index (χ2n) is 8.22. The van der Waals surface area contributed by atoms with Crippen molar-refractivity contribution in [3.8, 4) is 5.69 Å². The second-order valence-corrected chi connectivity index (χ2v) is 10.2. The van der Waals surface area contributed by atoms with E-state index in [1.807, 2.05) is 38.1 Å². The molecule has 0 saturated carbocycles. The van der Waals surface area contributed by atoms with Gasteiger partial charge in [-0.2, -0.15) is 17.5 Å². The van der Waals surface area contributed by atoms with Gasteiger partial charge in [0.2, 0.25) is 10.0 Å². The van der Waals surface area contributed by atoms with Gasteiger partial charge in [-0.15, -0.1) is 0 Å². The van der Waals surface area contributed by atoms with Crippen molar-refractivity contribution in [3.05, 3.63) is 83.2 Å². The number of rotatable bonds is 4. The standard InChI is InChI=1S/C24H24F3N3O3S/c1-17-3-4-18(2)30(17)21-9-5-19(6-10-21)23(31)28-13-15-29(16-14-28)34(32,33)22-11-7-20(8-12-22)24(25,26)27/h3-12H,13-16H2,1-2H3. The van der Waals surface area contributed by atoms with Crippen molar-refractivity contribution in [1.29, 1.82) is 0 Å². The number of alkyl halides is 3. The summed E-state index contributed by atoms with van der Waals surface area (Å²) in [7, 11) is -3.95. The lowest BCUT2D eigenvalue weighted by molar-refractivity contribution is -0.137. The van der Waals surface area contributed by atoms with Crippen molar-refractivity contribution in [2.45, 2.75) is 24.9 Å². The Kier molecular flexibility index (Phi) is 6.30. The summed E-state index contributed by atoms with van der Waals surface area (Å²) in [5.74, 6) is -0.195. The number of halogens is 3. The number of hydrogen-bond donors (Lipinski definition) is 0. The number of benzene rings is 2. The maximum absolute atomic E-state index is 12.9. The first kappa shape index (κ1) is 24.0. The maximum atomic E-state index is 12.9. The van der Waals surface area contributed by atoms with Crippen molar-refractivity contribution in [3.63, 3.8) is 0 Å². The molecule has 3 aromatic rings. The Morgan fingerprint density at radius 1 is 0.794 bits per heavy atom. The van der Waals surface area contributed by atoms with Crippen LogP contribution in [0.2, 0.25) is 0 Å². The molecule has 10 heteroatoms. The summed E-state index contributed by atoms with van der Waals surface area (Å²) >= 11 is 0. The molecule has 1 amide bonds. The predicted octanol–water partition coefficient (Wildman–Crippen LogP) is 4.26. The number of carbonyl (C=O) groups excluding carboxylic acids is 1. The summed E-state index contributed by atoms with van der Waals surface area (Å²) < 4.78 is 67.2. The van der Waals surface area contributed by atoms with Gasteiger partial charge >= 0.3 is 6.18 Å². The Morgan fingerprint density at radius 3 is 1.82 bits per heavy atom. The smallest absolute Gasteiger partial charge is 0.336 e. The summed E-state index contributed by atoms with van der Waals surface area (Å²) in [5, 5.41) is 0. The highest BCUT2D eigenvalue weighted by Gasteiger charge is 2.33. The van der Waals surface area contributed by atoms with Gasteiger partial charge in [-0.05, 0) is 74.5 Å². The Balaban J connectivity index is 1.42. The molecule has 1 aromatic heterocycles. The van der Waals surface area contributed by atoms with E-state index in [-0.39, 0.29) is 37.0 Å². The van der Waals surface area contributed by atoms with Gasteiger partial charge in [0.1, 0.15) is 0 Å². The van der Waals surface area contributed by atoms with Crippen LogP contribution in [0.15, 0.2) is 65.6 Å². The molecule has 4 rings (SSSR count). The topological polar surface area (TPSA) is 62.6 Å². The van der Waals surface area contributed by atoms with E-state index in [1.54, 1.807) is 17.0 Å². The number of aromatic nitrogens is 1. The number of amides is 1. The lowest BCUT2D eigenvalue weighted by atomic mass is 10.1. The van der Waals surface area contributed by atoms with Gasteiger partial charge < -0.3 is 9.47 Å². The molecule has 1 saturated heterocycles. The summed E-state index contributed by atoms with van der Waals surface area (Å²) in [5.41, 5.74) is 2.72. The lowest BCUT2D eigenvalue weighted by Crippen LogP contribution is -2.50. The van der Waals surface area contributed by atoms with Crippen LogP contribution in [-0.2, 0) is 16.2 Å². The van der Waals surface area contributed by atoms with Crippen LogP contribution < -0.4 is 0 Å². The Labute approximate surface area is 196 Å². The predicted molar refractivity (Wildman–Crippen MR) is 121 cm³/mol. The number of sulfonamides is 1. The first-order valence-electron chi connectivity index (χ1n) is 10.7. The van der Waals surface area contributed by atoms with Crippen LogP contribution in [0.3, 0.4) is 0 Å². The molecule has 180 valence electrons. The van der Waals surface area contributed by atoms with Crippen LogP contribution in [0.4, 0.5) is 13.2 Å². The molecule has 1 aliphatic rings. The average molecular weight is 492 g/mol. The molecule has 0 N–H and O–H groups in total. The summed E-state index contributed by atoms with van der Waals surface area (Å²) in [6.45, 7) is 4.52. The number of nitrogens with zero attached hydrogens (tertiary/aromatic N) is 3. The Bertz CT molecular complexity index is 1270. The molecular weight excluding hydrogens is 467 g/mol. The highest BCUT2D eigenvalue weighted by atomic mass is 32.2. The summed E-state index contributed by atoms with van der Waals surface area (Å²) in [6, 6.07) is 14.7. The van der Waals surface area contributed by atoms with Gasteiger partial charge in [-0.1, -0.05) is 0 Å². The number of hydrogen-bond acceptors (Lipinski definition) is 3. The van der Waals surface area contributed by atoms with E-state index in [4.69, 9.17) is 0 Å². The Morgan fingerprint density at radius 2 is 1.32 bits per heavy atom. The minimum absolute atomic E-state index is 0.0644. The molecule has 0 bridgehead atoms. The van der Waals surface area contributed by atoms with Crippen LogP contribution in [0.1, 0.15) is 27.3 Å². The maximum Gasteiger partial charge on any atom is 0.416 e. The molecule has 1 aliphatic heterocycles. The fourth-order valence-corrected chi connectivity index (χ4v) is 5.53. The minimum Gasteiger partial charge on any atom is -0.336 e. The molecule has 6 nitrogen and oxygen atoms in total. The van der Waals surface area contributed by atoms with E-state index in [0.29, 0.717) is 5.56 Å². The second kappa shape index (κ2) is 8.92. The normalized spacial score (nSPS) is 15.5. The first-order chi connectivity index (χ1) is 16.0. The average Bonchev–Trinajstić information content (AvgIpc) is 3.16. The van der Waals surface area contributed by atoms with E-state index in [9.17, 15) is 26.4 Å². The van der Waals surface area contributed by atoms with Crippen molar-refractivity contribution < 1.29 is 26.4 Å². The van der Waals surface area contributed by atoms with Crippen LogP contribution in [0.5, 0.6) is 0 Å². The van der Waals surface area contributed by atoms with Crippen molar-refractivity contribution >= 4 is 15.9 Å². The van der Waals surface area contributed by atoms with Gasteiger partial charge in [0.25, 0.3) is 5.91 Å². The highest BCUT2D eigenvalue weighted by Crippen LogP contribution is 2.30. The third-order valence-electron chi connectivity index (χ3n) is 5.99. The van der Waals surface area contributed by atoms with Gasteiger partial charge in [0.15, 0.2) is 0 Å².